The fourth-order valence-electron chi connectivity index (χ4n) is 2.74. The Morgan fingerprint density at radius 1 is 1.13 bits per heavy atom. The molecule has 6 heteroatoms. The van der Waals surface area contributed by atoms with E-state index >= 15 is 0 Å². The zero-order valence-electron chi connectivity index (χ0n) is 13.0. The Hall–Kier alpha value is -1.26. The van der Waals surface area contributed by atoms with E-state index in [1.54, 1.807) is 12.1 Å². The lowest BCUT2D eigenvalue weighted by Gasteiger charge is -2.28. The molecule has 0 bridgehead atoms. The zero-order chi connectivity index (χ0) is 16.8. The second-order valence-electron chi connectivity index (χ2n) is 5.66. The van der Waals surface area contributed by atoms with Gasteiger partial charge in [-0.05, 0) is 31.4 Å². The summed E-state index contributed by atoms with van der Waals surface area (Å²) < 4.78 is 10.6. The molecule has 2 rings (SSSR count). The second kappa shape index (κ2) is 8.55. The predicted octanol–water partition coefficient (Wildman–Crippen LogP) is 4.66. The fraction of sp³-hybridized carbons (Fsp3) is 0.529. The van der Waals surface area contributed by atoms with Crippen LogP contribution in [0.3, 0.4) is 0 Å². The highest BCUT2D eigenvalue weighted by Gasteiger charge is 2.38. The van der Waals surface area contributed by atoms with Gasteiger partial charge in [0.05, 0.1) is 23.5 Å². The fourth-order valence-corrected chi connectivity index (χ4v) is 3.06. The summed E-state index contributed by atoms with van der Waals surface area (Å²) >= 11 is 11.9. The summed E-state index contributed by atoms with van der Waals surface area (Å²) in [7, 11) is 0. The van der Waals surface area contributed by atoms with Crippen molar-refractivity contribution < 1.29 is 19.1 Å². The summed E-state index contributed by atoms with van der Waals surface area (Å²) in [6, 6.07) is 4.68. The molecule has 1 aliphatic rings. The van der Waals surface area contributed by atoms with E-state index in [-0.39, 0.29) is 11.7 Å². The highest BCUT2D eigenvalue weighted by atomic mass is 35.5. The van der Waals surface area contributed by atoms with Gasteiger partial charge in [-0.2, -0.15) is 0 Å². The number of ether oxygens (including phenoxy) is 2. The third kappa shape index (κ3) is 4.85. The first kappa shape index (κ1) is 18.1. The van der Waals surface area contributed by atoms with Crippen molar-refractivity contribution in [3.63, 3.8) is 0 Å². The van der Waals surface area contributed by atoms with Gasteiger partial charge in [-0.15, -0.1) is 0 Å². The van der Waals surface area contributed by atoms with Crippen LogP contribution in [0.15, 0.2) is 18.2 Å². The second-order valence-corrected chi connectivity index (χ2v) is 6.50. The van der Waals surface area contributed by atoms with E-state index in [2.05, 4.69) is 0 Å². The third-order valence-electron chi connectivity index (χ3n) is 3.92. The third-order valence-corrected chi connectivity index (χ3v) is 4.47. The Bertz CT molecular complexity index is 574. The maximum atomic E-state index is 12.5. The van der Waals surface area contributed by atoms with Crippen LogP contribution >= 0.6 is 23.2 Å². The Balaban J connectivity index is 2.08. The maximum Gasteiger partial charge on any atom is 0.315 e. The van der Waals surface area contributed by atoms with Gasteiger partial charge in [-0.1, -0.05) is 43.0 Å². The lowest BCUT2D eigenvalue weighted by atomic mass is 9.79. The quantitative estimate of drug-likeness (QED) is 0.567. The van der Waals surface area contributed by atoms with Gasteiger partial charge in [0.25, 0.3) is 0 Å². The van der Waals surface area contributed by atoms with Crippen molar-refractivity contribution in [3.05, 3.63) is 28.2 Å². The molecule has 2 unspecified atom stereocenters. The van der Waals surface area contributed by atoms with Crippen LogP contribution < -0.4 is 4.74 Å². The monoisotopic (exact) mass is 358 g/mol. The molecule has 0 N–H and O–H groups in total. The number of carbonyl (C=O) groups is 2. The van der Waals surface area contributed by atoms with Gasteiger partial charge in [0, 0.05) is 11.1 Å². The van der Waals surface area contributed by atoms with Gasteiger partial charge in [-0.3, -0.25) is 9.59 Å². The first-order chi connectivity index (χ1) is 11.0. The Kier molecular flexibility index (Phi) is 6.72. The smallest absolute Gasteiger partial charge is 0.315 e. The molecule has 0 radical (unpaired) electrons. The SMILES string of the molecule is CCCOC(=O)C1CCCCC1C(=O)Oc1cc(Cl)ccc1Cl. The highest BCUT2D eigenvalue weighted by molar-refractivity contribution is 6.34. The zero-order valence-corrected chi connectivity index (χ0v) is 14.5. The Labute approximate surface area is 146 Å². The Morgan fingerprint density at radius 2 is 1.78 bits per heavy atom. The molecule has 4 nitrogen and oxygen atoms in total. The summed E-state index contributed by atoms with van der Waals surface area (Å²) in [5.74, 6) is -1.49. The van der Waals surface area contributed by atoms with Crippen LogP contribution in [0.5, 0.6) is 5.75 Å². The van der Waals surface area contributed by atoms with Crippen LogP contribution in [0.2, 0.25) is 10.0 Å². The summed E-state index contributed by atoms with van der Waals surface area (Å²) in [5.41, 5.74) is 0. The number of rotatable bonds is 5. The number of halogens is 2. The molecule has 0 aromatic heterocycles. The van der Waals surface area contributed by atoms with Crippen LogP contribution in [0, 0.1) is 11.8 Å². The van der Waals surface area contributed by atoms with Crippen LogP contribution in [0.1, 0.15) is 39.0 Å². The molecule has 1 aliphatic carbocycles. The van der Waals surface area contributed by atoms with E-state index in [9.17, 15) is 9.59 Å². The molecule has 0 amide bonds. The lowest BCUT2D eigenvalue weighted by molar-refractivity contribution is -0.158. The summed E-state index contributed by atoms with van der Waals surface area (Å²) in [5, 5.41) is 0.739. The van der Waals surface area contributed by atoms with Gasteiger partial charge in [0.2, 0.25) is 0 Å². The van der Waals surface area contributed by atoms with Crippen molar-refractivity contribution in [1.29, 1.82) is 0 Å². The minimum absolute atomic E-state index is 0.218. The minimum atomic E-state index is -0.497. The van der Waals surface area contributed by atoms with Crippen molar-refractivity contribution >= 4 is 35.1 Å². The van der Waals surface area contributed by atoms with Crippen molar-refractivity contribution in [1.82, 2.24) is 0 Å². The summed E-state index contributed by atoms with van der Waals surface area (Å²) in [4.78, 5) is 24.7. The number of hydrogen-bond donors (Lipinski definition) is 0. The van der Waals surface area contributed by atoms with E-state index in [0.29, 0.717) is 29.5 Å². The predicted molar refractivity (Wildman–Crippen MR) is 88.8 cm³/mol. The van der Waals surface area contributed by atoms with Gasteiger partial charge < -0.3 is 9.47 Å². The highest BCUT2D eigenvalue weighted by Crippen LogP contribution is 2.34. The normalized spacial score (nSPS) is 20.8. The van der Waals surface area contributed by atoms with Crippen LogP contribution in [0.4, 0.5) is 0 Å². The molecule has 0 aliphatic heterocycles. The van der Waals surface area contributed by atoms with Crippen LogP contribution in [0.25, 0.3) is 0 Å². The minimum Gasteiger partial charge on any atom is -0.465 e. The molecule has 0 spiro atoms. The number of hydrogen-bond acceptors (Lipinski definition) is 4. The first-order valence-corrected chi connectivity index (χ1v) is 8.62. The molecule has 1 aromatic carbocycles. The largest absolute Gasteiger partial charge is 0.465 e. The van der Waals surface area contributed by atoms with E-state index in [1.165, 1.54) is 6.07 Å². The van der Waals surface area contributed by atoms with Crippen molar-refractivity contribution in [2.24, 2.45) is 11.8 Å². The molecule has 0 saturated heterocycles. The standard InChI is InChI=1S/C17H20Cl2O4/c1-2-9-22-16(20)12-5-3-4-6-13(12)17(21)23-15-10-11(18)7-8-14(15)19/h7-8,10,12-13H,2-6,9H2,1H3. The van der Waals surface area contributed by atoms with Gasteiger partial charge in [-0.25, -0.2) is 0 Å². The van der Waals surface area contributed by atoms with Gasteiger partial charge in [0.15, 0.2) is 5.75 Å². The Morgan fingerprint density at radius 3 is 2.43 bits per heavy atom. The molecule has 1 saturated carbocycles. The lowest BCUT2D eigenvalue weighted by Crippen LogP contribution is -2.36. The van der Waals surface area contributed by atoms with E-state index < -0.39 is 17.8 Å². The molecule has 1 fully saturated rings. The van der Waals surface area contributed by atoms with Crippen molar-refractivity contribution in [2.75, 3.05) is 6.61 Å². The molecular formula is C17H20Cl2O4. The van der Waals surface area contributed by atoms with Crippen LogP contribution in [-0.4, -0.2) is 18.5 Å². The van der Waals surface area contributed by atoms with Crippen LogP contribution in [-0.2, 0) is 14.3 Å². The first-order valence-electron chi connectivity index (χ1n) is 7.86. The summed E-state index contributed by atoms with van der Waals surface area (Å²) in [6.45, 7) is 2.30. The average molecular weight is 359 g/mol. The number of carbonyl (C=O) groups excluding carboxylic acids is 2. The topological polar surface area (TPSA) is 52.6 Å². The number of benzene rings is 1. The van der Waals surface area contributed by atoms with E-state index in [0.717, 1.165) is 19.3 Å². The van der Waals surface area contributed by atoms with Crippen molar-refractivity contribution in [2.45, 2.75) is 39.0 Å². The number of esters is 2. The van der Waals surface area contributed by atoms with Gasteiger partial charge in [0.1, 0.15) is 0 Å². The molecule has 126 valence electrons. The van der Waals surface area contributed by atoms with E-state index in [4.69, 9.17) is 32.7 Å². The van der Waals surface area contributed by atoms with Crippen molar-refractivity contribution in [3.8, 4) is 5.75 Å². The maximum absolute atomic E-state index is 12.5. The van der Waals surface area contributed by atoms with Gasteiger partial charge >= 0.3 is 11.9 Å². The van der Waals surface area contributed by atoms with E-state index in [1.807, 2.05) is 6.92 Å². The summed E-state index contributed by atoms with van der Waals surface area (Å²) in [6.07, 6.45) is 3.81. The molecular weight excluding hydrogens is 339 g/mol. The molecule has 0 heterocycles. The molecule has 2 atom stereocenters. The average Bonchev–Trinajstić information content (AvgIpc) is 2.56. The molecule has 23 heavy (non-hydrogen) atoms. The molecule has 1 aromatic rings.